The lowest BCUT2D eigenvalue weighted by atomic mass is 10.3. The maximum atomic E-state index is 10.6. The lowest BCUT2D eigenvalue weighted by molar-refractivity contribution is -0.136. The Labute approximate surface area is 114 Å². The smallest absolute Gasteiger partial charge is 0.309 e. The van der Waals surface area contributed by atoms with E-state index in [0.717, 1.165) is 11.4 Å². The largest absolute Gasteiger partial charge is 0.492 e. The molecular formula is C13H14N2O3S. The van der Waals surface area contributed by atoms with Crippen LogP contribution in [0.25, 0.3) is 0 Å². The quantitative estimate of drug-likeness (QED) is 0.850. The minimum atomic E-state index is -0.883. The molecule has 1 aromatic carbocycles. The number of thiazole rings is 1. The number of anilines is 2. The molecule has 0 atom stereocenters. The van der Waals surface area contributed by atoms with Crippen LogP contribution < -0.4 is 10.1 Å². The summed E-state index contributed by atoms with van der Waals surface area (Å²) in [7, 11) is 0. The maximum absolute atomic E-state index is 10.6. The van der Waals surface area contributed by atoms with E-state index in [4.69, 9.17) is 9.84 Å². The van der Waals surface area contributed by atoms with Crippen molar-refractivity contribution >= 4 is 28.1 Å². The zero-order valence-electron chi connectivity index (χ0n) is 10.4. The number of carboxylic acid groups (broad SMARTS) is 1. The molecule has 0 radical (unpaired) electrons. The Hall–Kier alpha value is -2.08. The normalized spacial score (nSPS) is 10.2. The minimum Gasteiger partial charge on any atom is -0.492 e. The van der Waals surface area contributed by atoms with Crippen molar-refractivity contribution < 1.29 is 14.6 Å². The first-order valence-electron chi connectivity index (χ1n) is 5.84. The van der Waals surface area contributed by atoms with Gasteiger partial charge in [-0.15, -0.1) is 11.3 Å². The van der Waals surface area contributed by atoms with Crippen LogP contribution in [0.15, 0.2) is 29.6 Å². The lowest BCUT2D eigenvalue weighted by Crippen LogP contribution is -2.01. The van der Waals surface area contributed by atoms with Crippen molar-refractivity contribution in [3.8, 4) is 5.75 Å². The summed E-state index contributed by atoms with van der Waals surface area (Å²) in [5.74, 6) is -0.133. The van der Waals surface area contributed by atoms with Crippen molar-refractivity contribution in [1.82, 2.24) is 4.98 Å². The predicted octanol–water partition coefficient (Wildman–Crippen LogP) is 2.91. The van der Waals surface area contributed by atoms with Crippen LogP contribution in [0.4, 0.5) is 10.8 Å². The Balaban J connectivity index is 2.12. The van der Waals surface area contributed by atoms with Crippen LogP contribution in [-0.4, -0.2) is 22.7 Å². The third kappa shape index (κ3) is 3.69. The number of benzene rings is 1. The number of hydrogen-bond donors (Lipinski definition) is 2. The summed E-state index contributed by atoms with van der Waals surface area (Å²) in [6, 6.07) is 7.56. The van der Waals surface area contributed by atoms with E-state index in [9.17, 15) is 4.79 Å². The number of carboxylic acids is 1. The third-order valence-corrected chi connectivity index (χ3v) is 3.12. The Kier molecular flexibility index (Phi) is 4.35. The molecule has 1 heterocycles. The molecule has 0 bridgehead atoms. The zero-order chi connectivity index (χ0) is 13.7. The Morgan fingerprint density at radius 3 is 3.00 bits per heavy atom. The van der Waals surface area contributed by atoms with Gasteiger partial charge in [0.25, 0.3) is 0 Å². The number of aromatic nitrogens is 1. The molecule has 2 N–H and O–H groups in total. The van der Waals surface area contributed by atoms with Gasteiger partial charge in [0.1, 0.15) is 5.75 Å². The second kappa shape index (κ2) is 6.19. The summed E-state index contributed by atoms with van der Waals surface area (Å²) < 4.78 is 5.50. The lowest BCUT2D eigenvalue weighted by Gasteiger charge is -2.09. The van der Waals surface area contributed by atoms with E-state index >= 15 is 0 Å². The van der Waals surface area contributed by atoms with Crippen LogP contribution in [0.2, 0.25) is 0 Å². The van der Waals surface area contributed by atoms with E-state index in [-0.39, 0.29) is 6.42 Å². The van der Waals surface area contributed by atoms with E-state index in [1.165, 1.54) is 11.3 Å². The average molecular weight is 278 g/mol. The van der Waals surface area contributed by atoms with E-state index in [2.05, 4.69) is 10.3 Å². The van der Waals surface area contributed by atoms with Gasteiger partial charge >= 0.3 is 5.97 Å². The molecule has 2 rings (SSSR count). The van der Waals surface area contributed by atoms with Gasteiger partial charge in [-0.3, -0.25) is 4.79 Å². The van der Waals surface area contributed by atoms with Gasteiger partial charge in [0, 0.05) is 5.38 Å². The van der Waals surface area contributed by atoms with Crippen LogP contribution in [0.3, 0.4) is 0 Å². The predicted molar refractivity (Wildman–Crippen MR) is 74.3 cm³/mol. The molecule has 5 nitrogen and oxygen atoms in total. The number of nitrogens with zero attached hydrogens (tertiary/aromatic N) is 1. The van der Waals surface area contributed by atoms with Crippen molar-refractivity contribution in [2.45, 2.75) is 13.3 Å². The SMILES string of the molecule is CCOc1ccccc1Nc1nc(CC(=O)O)cs1. The number of carbonyl (C=O) groups is 1. The van der Waals surface area contributed by atoms with Crippen LogP contribution >= 0.6 is 11.3 Å². The van der Waals surface area contributed by atoms with Gasteiger partial charge in [0.05, 0.1) is 24.4 Å². The Morgan fingerprint density at radius 1 is 1.47 bits per heavy atom. The topological polar surface area (TPSA) is 71.5 Å². The summed E-state index contributed by atoms with van der Waals surface area (Å²) >= 11 is 1.37. The van der Waals surface area contributed by atoms with Crippen molar-refractivity contribution in [3.05, 3.63) is 35.3 Å². The van der Waals surface area contributed by atoms with Crippen molar-refractivity contribution in [2.75, 3.05) is 11.9 Å². The molecule has 19 heavy (non-hydrogen) atoms. The molecule has 0 aliphatic rings. The van der Waals surface area contributed by atoms with Crippen LogP contribution in [0, 0.1) is 0 Å². The highest BCUT2D eigenvalue weighted by Crippen LogP contribution is 2.28. The summed E-state index contributed by atoms with van der Waals surface area (Å²) in [6.45, 7) is 2.51. The van der Waals surface area contributed by atoms with Crippen LogP contribution in [0.1, 0.15) is 12.6 Å². The number of aliphatic carboxylic acids is 1. The number of rotatable bonds is 6. The molecule has 0 aliphatic heterocycles. The zero-order valence-corrected chi connectivity index (χ0v) is 11.2. The molecule has 0 amide bonds. The molecule has 0 saturated heterocycles. The minimum absolute atomic E-state index is 0.0642. The number of hydrogen-bond acceptors (Lipinski definition) is 5. The number of nitrogens with one attached hydrogen (secondary N) is 1. The highest BCUT2D eigenvalue weighted by atomic mass is 32.1. The monoisotopic (exact) mass is 278 g/mol. The summed E-state index contributed by atoms with van der Waals surface area (Å²) in [4.78, 5) is 14.8. The van der Waals surface area contributed by atoms with Crippen LogP contribution in [-0.2, 0) is 11.2 Å². The molecule has 6 heteroatoms. The van der Waals surface area contributed by atoms with E-state index < -0.39 is 5.97 Å². The Morgan fingerprint density at radius 2 is 2.26 bits per heavy atom. The van der Waals surface area contributed by atoms with Gasteiger partial charge in [0.15, 0.2) is 5.13 Å². The summed E-state index contributed by atoms with van der Waals surface area (Å²) in [5, 5.41) is 14.2. The first-order chi connectivity index (χ1) is 9.19. The van der Waals surface area contributed by atoms with Crippen molar-refractivity contribution in [1.29, 1.82) is 0 Å². The third-order valence-electron chi connectivity index (χ3n) is 2.31. The summed E-state index contributed by atoms with van der Waals surface area (Å²) in [6.07, 6.45) is -0.0642. The standard InChI is InChI=1S/C13H14N2O3S/c1-2-18-11-6-4-3-5-10(11)15-13-14-9(8-19-13)7-12(16)17/h3-6,8H,2,7H2,1H3,(H,14,15)(H,16,17). The van der Waals surface area contributed by atoms with E-state index in [1.54, 1.807) is 5.38 Å². The maximum Gasteiger partial charge on any atom is 0.309 e. The Bertz CT molecular complexity index is 569. The molecule has 100 valence electrons. The van der Waals surface area contributed by atoms with Gasteiger partial charge < -0.3 is 15.2 Å². The highest BCUT2D eigenvalue weighted by Gasteiger charge is 2.08. The van der Waals surface area contributed by atoms with Gasteiger partial charge in [-0.05, 0) is 19.1 Å². The second-order valence-electron chi connectivity index (χ2n) is 3.77. The van der Waals surface area contributed by atoms with Crippen molar-refractivity contribution in [2.24, 2.45) is 0 Å². The first-order valence-corrected chi connectivity index (χ1v) is 6.72. The van der Waals surface area contributed by atoms with Crippen molar-refractivity contribution in [3.63, 3.8) is 0 Å². The molecule has 0 unspecified atom stereocenters. The molecule has 0 spiro atoms. The van der Waals surface area contributed by atoms with E-state index in [1.807, 2.05) is 31.2 Å². The fourth-order valence-corrected chi connectivity index (χ4v) is 2.29. The first kappa shape index (κ1) is 13.4. The number of ether oxygens (including phenoxy) is 1. The second-order valence-corrected chi connectivity index (χ2v) is 4.63. The van der Waals surface area contributed by atoms with Gasteiger partial charge in [-0.1, -0.05) is 12.1 Å². The van der Waals surface area contributed by atoms with E-state index in [0.29, 0.717) is 17.4 Å². The highest BCUT2D eigenvalue weighted by molar-refractivity contribution is 7.13. The summed E-state index contributed by atoms with van der Waals surface area (Å²) in [5.41, 5.74) is 1.37. The van der Waals surface area contributed by atoms with Crippen LogP contribution in [0.5, 0.6) is 5.75 Å². The molecule has 1 aromatic heterocycles. The molecule has 0 aliphatic carbocycles. The molecular weight excluding hydrogens is 264 g/mol. The van der Waals surface area contributed by atoms with Gasteiger partial charge in [0.2, 0.25) is 0 Å². The fraction of sp³-hybridized carbons (Fsp3) is 0.231. The molecule has 0 saturated carbocycles. The van der Waals surface area contributed by atoms with Gasteiger partial charge in [-0.25, -0.2) is 4.98 Å². The fourth-order valence-electron chi connectivity index (χ4n) is 1.57. The molecule has 2 aromatic rings. The average Bonchev–Trinajstić information content (AvgIpc) is 2.78. The van der Waals surface area contributed by atoms with Gasteiger partial charge in [-0.2, -0.15) is 0 Å². The molecule has 0 fully saturated rings. The number of para-hydroxylation sites is 2.